The minimum Gasteiger partial charge on any atom is -0.348 e. The molecular weight excluding hydrogens is 286 g/mol. The first kappa shape index (κ1) is 13.8. The summed E-state index contributed by atoms with van der Waals surface area (Å²) in [5.41, 5.74) is -0.0120. The van der Waals surface area contributed by atoms with Gasteiger partial charge in [0.15, 0.2) is 11.6 Å². The molecule has 0 radical (unpaired) electrons. The molecule has 3 nitrogen and oxygen atoms in total. The topological polar surface area (TPSA) is 32.3 Å². The Balaban J connectivity index is 1.75. The third kappa shape index (κ3) is 2.52. The number of nitrogens with zero attached hydrogens (tertiary/aromatic N) is 1. The van der Waals surface area contributed by atoms with E-state index in [1.165, 1.54) is 0 Å². The van der Waals surface area contributed by atoms with Gasteiger partial charge in [0.1, 0.15) is 0 Å². The van der Waals surface area contributed by atoms with Crippen LogP contribution in [0.1, 0.15) is 23.2 Å². The molecule has 1 atom stereocenters. The van der Waals surface area contributed by atoms with Crippen molar-refractivity contribution in [2.75, 3.05) is 19.6 Å². The number of fused-ring (bicyclic) bond motifs is 3. The van der Waals surface area contributed by atoms with Crippen molar-refractivity contribution in [1.82, 2.24) is 10.2 Å². The molecule has 3 aliphatic rings. The molecule has 1 aromatic carbocycles. The van der Waals surface area contributed by atoms with Crippen LogP contribution in [0.3, 0.4) is 0 Å². The molecule has 2 bridgehead atoms. The largest absolute Gasteiger partial charge is 0.348 e. The molecule has 0 spiro atoms. The number of nitrogens with one attached hydrogen (secondary N) is 1. The van der Waals surface area contributed by atoms with Crippen LogP contribution >= 0.6 is 11.6 Å². The summed E-state index contributed by atoms with van der Waals surface area (Å²) in [5, 5.41) is 2.83. The van der Waals surface area contributed by atoms with Crippen LogP contribution in [-0.2, 0) is 0 Å². The number of halogens is 3. The normalized spacial score (nSPS) is 28.4. The van der Waals surface area contributed by atoms with Gasteiger partial charge in [0.05, 0.1) is 10.6 Å². The van der Waals surface area contributed by atoms with Crippen LogP contribution in [0.25, 0.3) is 0 Å². The molecule has 0 saturated carbocycles. The van der Waals surface area contributed by atoms with Crippen LogP contribution < -0.4 is 5.32 Å². The SMILES string of the molecule is O=C(N[C@@H]1CN2CCC1CC2)c1cc(F)c(F)cc1Cl. The van der Waals surface area contributed by atoms with Gasteiger partial charge in [-0.25, -0.2) is 8.78 Å². The van der Waals surface area contributed by atoms with E-state index >= 15 is 0 Å². The molecule has 108 valence electrons. The Morgan fingerprint density at radius 3 is 2.50 bits per heavy atom. The van der Waals surface area contributed by atoms with Crippen molar-refractivity contribution in [2.24, 2.45) is 5.92 Å². The molecule has 1 N–H and O–H groups in total. The van der Waals surface area contributed by atoms with E-state index in [1.54, 1.807) is 0 Å². The van der Waals surface area contributed by atoms with Crippen molar-refractivity contribution in [3.05, 3.63) is 34.4 Å². The van der Waals surface area contributed by atoms with Crippen molar-refractivity contribution < 1.29 is 13.6 Å². The molecule has 0 aromatic heterocycles. The van der Waals surface area contributed by atoms with Crippen molar-refractivity contribution >= 4 is 17.5 Å². The van der Waals surface area contributed by atoms with Gasteiger partial charge in [-0.1, -0.05) is 11.6 Å². The van der Waals surface area contributed by atoms with E-state index in [0.717, 1.165) is 44.6 Å². The summed E-state index contributed by atoms with van der Waals surface area (Å²) in [6.45, 7) is 2.96. The second kappa shape index (κ2) is 5.30. The van der Waals surface area contributed by atoms with Crippen molar-refractivity contribution in [3.63, 3.8) is 0 Å². The van der Waals surface area contributed by atoms with E-state index in [0.29, 0.717) is 5.92 Å². The van der Waals surface area contributed by atoms with Gasteiger partial charge in [-0.05, 0) is 44.0 Å². The lowest BCUT2D eigenvalue weighted by Crippen LogP contribution is -2.57. The fourth-order valence-corrected chi connectivity index (χ4v) is 3.31. The van der Waals surface area contributed by atoms with Crippen LogP contribution in [0.5, 0.6) is 0 Å². The maximum Gasteiger partial charge on any atom is 0.253 e. The number of piperidine rings is 3. The van der Waals surface area contributed by atoms with Gasteiger partial charge in [-0.15, -0.1) is 0 Å². The van der Waals surface area contributed by atoms with E-state index < -0.39 is 17.5 Å². The van der Waals surface area contributed by atoms with Crippen LogP contribution in [0.15, 0.2) is 12.1 Å². The standard InChI is InChI=1S/C14H15ClF2N2O/c15-10-6-12(17)11(16)5-9(10)14(20)18-13-7-19-3-1-8(13)2-4-19/h5-6,8,13H,1-4,7H2,(H,18,20)/t13-/m1/s1. The van der Waals surface area contributed by atoms with Crippen molar-refractivity contribution in [2.45, 2.75) is 18.9 Å². The lowest BCUT2D eigenvalue weighted by atomic mass is 9.84. The van der Waals surface area contributed by atoms with Gasteiger partial charge in [0, 0.05) is 12.6 Å². The second-order valence-corrected chi connectivity index (χ2v) is 5.87. The molecule has 6 heteroatoms. The van der Waals surface area contributed by atoms with Crippen LogP contribution in [0.2, 0.25) is 5.02 Å². The molecule has 1 aromatic rings. The smallest absolute Gasteiger partial charge is 0.253 e. The van der Waals surface area contributed by atoms with Crippen LogP contribution in [-0.4, -0.2) is 36.5 Å². The van der Waals surface area contributed by atoms with E-state index in [1.807, 2.05) is 0 Å². The highest BCUT2D eigenvalue weighted by Gasteiger charge is 2.35. The third-order valence-electron chi connectivity index (χ3n) is 4.23. The number of hydrogen-bond donors (Lipinski definition) is 1. The first-order valence-corrected chi connectivity index (χ1v) is 7.10. The Bertz CT molecular complexity index is 544. The number of amides is 1. The van der Waals surface area contributed by atoms with E-state index in [4.69, 9.17) is 11.6 Å². The van der Waals surface area contributed by atoms with Crippen LogP contribution in [0, 0.1) is 17.6 Å². The summed E-state index contributed by atoms with van der Waals surface area (Å²) in [6.07, 6.45) is 2.13. The molecule has 3 aliphatic heterocycles. The average Bonchev–Trinajstić information content (AvgIpc) is 2.44. The van der Waals surface area contributed by atoms with Gasteiger partial charge in [-0.3, -0.25) is 4.79 Å². The highest BCUT2D eigenvalue weighted by Crippen LogP contribution is 2.28. The Morgan fingerprint density at radius 1 is 1.25 bits per heavy atom. The fourth-order valence-electron chi connectivity index (χ4n) is 3.07. The fraction of sp³-hybridized carbons (Fsp3) is 0.500. The van der Waals surface area contributed by atoms with E-state index in [9.17, 15) is 13.6 Å². The van der Waals surface area contributed by atoms with Crippen molar-refractivity contribution in [3.8, 4) is 0 Å². The maximum absolute atomic E-state index is 13.2. The molecule has 3 saturated heterocycles. The third-order valence-corrected chi connectivity index (χ3v) is 4.54. The highest BCUT2D eigenvalue weighted by molar-refractivity contribution is 6.33. The number of rotatable bonds is 2. The monoisotopic (exact) mass is 300 g/mol. The number of carbonyl (C=O) groups is 1. The quantitative estimate of drug-likeness (QED) is 0.851. The van der Waals surface area contributed by atoms with Crippen molar-refractivity contribution in [1.29, 1.82) is 0 Å². The molecule has 0 unspecified atom stereocenters. The Morgan fingerprint density at radius 2 is 1.90 bits per heavy atom. The number of carbonyl (C=O) groups excluding carboxylic acids is 1. The number of hydrogen-bond acceptors (Lipinski definition) is 2. The first-order chi connectivity index (χ1) is 9.54. The highest BCUT2D eigenvalue weighted by atomic mass is 35.5. The second-order valence-electron chi connectivity index (χ2n) is 5.46. The molecule has 3 heterocycles. The van der Waals surface area contributed by atoms with Gasteiger partial charge < -0.3 is 10.2 Å². The molecule has 1 amide bonds. The minimum absolute atomic E-state index is 0.0120. The zero-order valence-electron chi connectivity index (χ0n) is 10.8. The molecule has 4 rings (SSSR count). The zero-order chi connectivity index (χ0) is 14.3. The lowest BCUT2D eigenvalue weighted by molar-refractivity contribution is 0.0620. The van der Waals surface area contributed by atoms with E-state index in [2.05, 4.69) is 10.2 Å². The zero-order valence-corrected chi connectivity index (χ0v) is 11.6. The molecular formula is C14H15ClF2N2O. The van der Waals surface area contributed by atoms with Gasteiger partial charge in [-0.2, -0.15) is 0 Å². The molecule has 3 fully saturated rings. The summed E-state index contributed by atoms with van der Waals surface area (Å²) in [6, 6.07) is 1.76. The lowest BCUT2D eigenvalue weighted by Gasteiger charge is -2.44. The Hall–Kier alpha value is -1.20. The summed E-state index contributed by atoms with van der Waals surface area (Å²) in [4.78, 5) is 14.5. The Kier molecular flexibility index (Phi) is 3.65. The summed E-state index contributed by atoms with van der Waals surface area (Å²) in [7, 11) is 0. The minimum atomic E-state index is -1.06. The van der Waals surface area contributed by atoms with Gasteiger partial charge >= 0.3 is 0 Å². The summed E-state index contributed by atoms with van der Waals surface area (Å²) < 4.78 is 26.2. The van der Waals surface area contributed by atoms with Crippen LogP contribution in [0.4, 0.5) is 8.78 Å². The first-order valence-electron chi connectivity index (χ1n) is 6.72. The predicted octanol–water partition coefficient (Wildman–Crippen LogP) is 2.44. The number of benzene rings is 1. The van der Waals surface area contributed by atoms with E-state index in [-0.39, 0.29) is 16.6 Å². The Labute approximate surface area is 120 Å². The average molecular weight is 301 g/mol. The summed E-state index contributed by atoms with van der Waals surface area (Å²) in [5.74, 6) is -2.08. The maximum atomic E-state index is 13.2. The summed E-state index contributed by atoms with van der Waals surface area (Å²) >= 11 is 5.82. The molecule has 0 aliphatic carbocycles. The molecule has 20 heavy (non-hydrogen) atoms. The predicted molar refractivity (Wildman–Crippen MR) is 71.8 cm³/mol. The van der Waals surface area contributed by atoms with Gasteiger partial charge in [0.25, 0.3) is 5.91 Å². The van der Waals surface area contributed by atoms with Gasteiger partial charge in [0.2, 0.25) is 0 Å².